The van der Waals surface area contributed by atoms with Gasteiger partial charge in [-0.15, -0.1) is 0 Å². The SMILES string of the molecule is O=C1/C(=C/c2ccccc2)C[C@H]2C(=O)/C(=C/c3ccccc3)C[C@H]12. The molecular weight excluding hydrogens is 296 g/mol. The van der Waals surface area contributed by atoms with Crippen LogP contribution in [0.2, 0.25) is 0 Å². The molecule has 2 aromatic rings. The van der Waals surface area contributed by atoms with E-state index in [4.69, 9.17) is 0 Å². The molecule has 0 radical (unpaired) electrons. The van der Waals surface area contributed by atoms with Gasteiger partial charge < -0.3 is 0 Å². The van der Waals surface area contributed by atoms with Crippen molar-refractivity contribution in [2.45, 2.75) is 12.8 Å². The van der Waals surface area contributed by atoms with Crippen molar-refractivity contribution in [2.24, 2.45) is 11.8 Å². The highest BCUT2D eigenvalue weighted by molar-refractivity contribution is 6.14. The topological polar surface area (TPSA) is 34.1 Å². The lowest BCUT2D eigenvalue weighted by atomic mass is 10.00. The summed E-state index contributed by atoms with van der Waals surface area (Å²) in [6.07, 6.45) is 5.02. The molecular formula is C22H18O2. The van der Waals surface area contributed by atoms with Crippen molar-refractivity contribution in [3.8, 4) is 0 Å². The molecule has 0 unspecified atom stereocenters. The maximum absolute atomic E-state index is 12.7. The van der Waals surface area contributed by atoms with Crippen molar-refractivity contribution in [2.75, 3.05) is 0 Å². The molecule has 0 saturated heterocycles. The summed E-state index contributed by atoms with van der Waals surface area (Å²) in [7, 11) is 0. The van der Waals surface area contributed by atoms with Gasteiger partial charge in [0.1, 0.15) is 0 Å². The standard InChI is InChI=1S/C22H18O2/c23-21-17(11-15-7-3-1-4-8-15)13-19-20(21)14-18(22(19)24)12-16-9-5-2-6-10-16/h1-12,19-20H,13-14H2/b17-11+,18-12+/t19-,20+. The van der Waals surface area contributed by atoms with Crippen LogP contribution in [0.25, 0.3) is 12.2 Å². The zero-order valence-corrected chi connectivity index (χ0v) is 13.3. The Morgan fingerprint density at radius 1 is 0.625 bits per heavy atom. The molecule has 2 saturated carbocycles. The highest BCUT2D eigenvalue weighted by Crippen LogP contribution is 2.45. The molecule has 0 bridgehead atoms. The monoisotopic (exact) mass is 314 g/mol. The second-order valence-corrected chi connectivity index (χ2v) is 6.51. The van der Waals surface area contributed by atoms with E-state index >= 15 is 0 Å². The number of carbonyl (C=O) groups is 2. The maximum atomic E-state index is 12.7. The summed E-state index contributed by atoms with van der Waals surface area (Å²) in [5.41, 5.74) is 3.63. The number of Topliss-reactive ketones (excluding diaryl/α,β-unsaturated/α-hetero) is 2. The van der Waals surface area contributed by atoms with E-state index in [1.165, 1.54) is 0 Å². The van der Waals surface area contributed by atoms with Gasteiger partial charge in [-0.3, -0.25) is 9.59 Å². The van der Waals surface area contributed by atoms with Gasteiger partial charge in [-0.25, -0.2) is 0 Å². The summed E-state index contributed by atoms with van der Waals surface area (Å²) in [6, 6.07) is 19.7. The first-order valence-electron chi connectivity index (χ1n) is 8.32. The molecule has 118 valence electrons. The van der Waals surface area contributed by atoms with E-state index in [9.17, 15) is 9.59 Å². The first-order chi connectivity index (χ1) is 11.7. The molecule has 24 heavy (non-hydrogen) atoms. The predicted molar refractivity (Wildman–Crippen MR) is 95.1 cm³/mol. The first-order valence-corrected chi connectivity index (χ1v) is 8.32. The first kappa shape index (κ1) is 14.8. The summed E-state index contributed by atoms with van der Waals surface area (Å²) in [6.45, 7) is 0. The van der Waals surface area contributed by atoms with Crippen molar-refractivity contribution in [1.82, 2.24) is 0 Å². The lowest BCUT2D eigenvalue weighted by molar-refractivity contribution is -0.122. The van der Waals surface area contributed by atoms with Crippen LogP contribution < -0.4 is 0 Å². The molecule has 2 aromatic carbocycles. The van der Waals surface area contributed by atoms with Gasteiger partial charge in [0, 0.05) is 11.8 Å². The van der Waals surface area contributed by atoms with Crippen molar-refractivity contribution in [1.29, 1.82) is 0 Å². The van der Waals surface area contributed by atoms with E-state index in [-0.39, 0.29) is 23.4 Å². The highest BCUT2D eigenvalue weighted by atomic mass is 16.1. The summed E-state index contributed by atoms with van der Waals surface area (Å²) in [4.78, 5) is 25.4. The fraction of sp³-hybridized carbons (Fsp3) is 0.182. The van der Waals surface area contributed by atoms with Gasteiger partial charge in [0.25, 0.3) is 0 Å². The Balaban J connectivity index is 1.58. The van der Waals surface area contributed by atoms with Crippen LogP contribution in [-0.2, 0) is 9.59 Å². The molecule has 2 heteroatoms. The Kier molecular flexibility index (Phi) is 3.73. The molecule has 2 nitrogen and oxygen atoms in total. The normalized spacial score (nSPS) is 26.3. The summed E-state index contributed by atoms with van der Waals surface area (Å²) in [5, 5.41) is 0. The van der Waals surface area contributed by atoms with Crippen LogP contribution in [0.3, 0.4) is 0 Å². The van der Waals surface area contributed by atoms with Crippen LogP contribution in [0.5, 0.6) is 0 Å². The van der Waals surface area contributed by atoms with E-state index < -0.39 is 0 Å². The number of hydrogen-bond donors (Lipinski definition) is 0. The maximum Gasteiger partial charge on any atom is 0.163 e. The smallest absolute Gasteiger partial charge is 0.163 e. The Labute approximate surface area is 141 Å². The van der Waals surface area contributed by atoms with E-state index in [0.29, 0.717) is 12.8 Å². The molecule has 0 N–H and O–H groups in total. The third-order valence-corrected chi connectivity index (χ3v) is 4.95. The molecule has 0 aromatic heterocycles. The van der Waals surface area contributed by atoms with Gasteiger partial charge >= 0.3 is 0 Å². The molecule has 2 aliphatic carbocycles. The fourth-order valence-electron chi connectivity index (χ4n) is 3.75. The second-order valence-electron chi connectivity index (χ2n) is 6.51. The second kappa shape index (κ2) is 6.04. The van der Waals surface area contributed by atoms with E-state index in [2.05, 4.69) is 0 Å². The van der Waals surface area contributed by atoms with E-state index in [1.807, 2.05) is 72.8 Å². The number of rotatable bonds is 2. The minimum atomic E-state index is -0.164. The Bertz CT molecular complexity index is 771. The van der Waals surface area contributed by atoms with E-state index in [0.717, 1.165) is 22.3 Å². The Morgan fingerprint density at radius 2 is 1.00 bits per heavy atom. The number of fused-ring (bicyclic) bond motifs is 1. The zero-order valence-electron chi connectivity index (χ0n) is 13.3. The molecule has 2 atom stereocenters. The number of carbonyl (C=O) groups excluding carboxylic acids is 2. The fourth-order valence-corrected chi connectivity index (χ4v) is 3.75. The minimum Gasteiger partial charge on any atom is -0.294 e. The van der Waals surface area contributed by atoms with Gasteiger partial charge in [-0.05, 0) is 47.3 Å². The van der Waals surface area contributed by atoms with Crippen molar-refractivity contribution >= 4 is 23.7 Å². The van der Waals surface area contributed by atoms with Gasteiger partial charge in [0.15, 0.2) is 11.6 Å². The minimum absolute atomic E-state index is 0.147. The van der Waals surface area contributed by atoms with Crippen LogP contribution >= 0.6 is 0 Å². The average Bonchev–Trinajstić information content (AvgIpc) is 3.08. The lowest BCUT2D eigenvalue weighted by Crippen LogP contribution is -2.11. The largest absolute Gasteiger partial charge is 0.294 e. The zero-order chi connectivity index (χ0) is 16.5. The molecule has 2 aliphatic rings. The molecule has 0 amide bonds. The third-order valence-electron chi connectivity index (χ3n) is 4.95. The predicted octanol–water partition coefficient (Wildman–Crippen LogP) is 4.33. The molecule has 0 aliphatic heterocycles. The molecule has 4 rings (SSSR count). The number of ketones is 2. The van der Waals surface area contributed by atoms with Crippen LogP contribution in [-0.4, -0.2) is 11.6 Å². The lowest BCUT2D eigenvalue weighted by Gasteiger charge is -2.02. The Hall–Kier alpha value is -2.74. The van der Waals surface area contributed by atoms with Crippen LogP contribution in [0.4, 0.5) is 0 Å². The molecule has 0 heterocycles. The van der Waals surface area contributed by atoms with Crippen molar-refractivity contribution < 1.29 is 9.59 Å². The highest BCUT2D eigenvalue weighted by Gasteiger charge is 2.48. The summed E-state index contributed by atoms with van der Waals surface area (Å²) in [5.74, 6) is -0.0350. The van der Waals surface area contributed by atoms with Gasteiger partial charge in [-0.1, -0.05) is 60.7 Å². The van der Waals surface area contributed by atoms with Crippen molar-refractivity contribution in [3.05, 3.63) is 82.9 Å². The molecule has 2 fully saturated rings. The Morgan fingerprint density at radius 3 is 1.38 bits per heavy atom. The van der Waals surface area contributed by atoms with E-state index in [1.54, 1.807) is 0 Å². The number of benzene rings is 2. The molecule has 0 spiro atoms. The van der Waals surface area contributed by atoms with Crippen LogP contribution in [0.1, 0.15) is 24.0 Å². The van der Waals surface area contributed by atoms with Crippen LogP contribution in [0, 0.1) is 11.8 Å². The quantitative estimate of drug-likeness (QED) is 0.773. The summed E-state index contributed by atoms with van der Waals surface area (Å²) >= 11 is 0. The third kappa shape index (κ3) is 2.65. The summed E-state index contributed by atoms with van der Waals surface area (Å²) < 4.78 is 0. The number of allylic oxidation sites excluding steroid dienone is 2. The van der Waals surface area contributed by atoms with Gasteiger partial charge in [-0.2, -0.15) is 0 Å². The van der Waals surface area contributed by atoms with Gasteiger partial charge in [0.05, 0.1) is 0 Å². The van der Waals surface area contributed by atoms with Gasteiger partial charge in [0.2, 0.25) is 0 Å². The average molecular weight is 314 g/mol. The van der Waals surface area contributed by atoms with Crippen molar-refractivity contribution in [3.63, 3.8) is 0 Å². The van der Waals surface area contributed by atoms with Crippen LogP contribution in [0.15, 0.2) is 71.8 Å². The number of hydrogen-bond acceptors (Lipinski definition) is 2.